The molecule has 0 spiro atoms. The zero-order chi connectivity index (χ0) is 19.4. The Morgan fingerprint density at radius 1 is 1.07 bits per heavy atom. The van der Waals surface area contributed by atoms with Gasteiger partial charge in [-0.2, -0.15) is 0 Å². The zero-order valence-electron chi connectivity index (χ0n) is 15.0. The Hall–Kier alpha value is -2.16. The summed E-state index contributed by atoms with van der Waals surface area (Å²) < 4.78 is 44.2. The third-order valence-electron chi connectivity index (χ3n) is 4.16. The maximum Gasteiger partial charge on any atom is 0.262 e. The number of halogens is 1. The second kappa shape index (κ2) is 8.24. The van der Waals surface area contributed by atoms with E-state index in [9.17, 15) is 8.42 Å². The summed E-state index contributed by atoms with van der Waals surface area (Å²) in [4.78, 5) is 0.0533. The van der Waals surface area contributed by atoms with Crippen LogP contribution < -0.4 is 24.2 Å². The Bertz CT molecular complexity index is 914. The van der Waals surface area contributed by atoms with E-state index in [4.69, 9.17) is 25.8 Å². The van der Waals surface area contributed by atoms with E-state index in [0.29, 0.717) is 28.0 Å². The van der Waals surface area contributed by atoms with Crippen LogP contribution in [0.15, 0.2) is 41.3 Å². The van der Waals surface area contributed by atoms with Crippen LogP contribution >= 0.6 is 11.6 Å². The molecule has 3 rings (SSSR count). The molecule has 9 heteroatoms. The number of methoxy groups -OCH3 is 2. The van der Waals surface area contributed by atoms with Gasteiger partial charge in [0, 0.05) is 18.7 Å². The van der Waals surface area contributed by atoms with Crippen LogP contribution in [0.2, 0.25) is 5.02 Å². The van der Waals surface area contributed by atoms with Crippen LogP contribution in [0.4, 0.5) is 5.69 Å². The molecule has 1 atom stereocenters. The lowest BCUT2D eigenvalue weighted by molar-refractivity contribution is 0.223. The molecule has 2 N–H and O–H groups in total. The number of benzene rings is 2. The molecule has 146 valence electrons. The van der Waals surface area contributed by atoms with Crippen LogP contribution in [0.1, 0.15) is 6.42 Å². The van der Waals surface area contributed by atoms with Crippen molar-refractivity contribution in [3.05, 3.63) is 41.4 Å². The molecule has 1 aliphatic rings. The predicted molar refractivity (Wildman–Crippen MR) is 104 cm³/mol. The summed E-state index contributed by atoms with van der Waals surface area (Å²) in [6.45, 7) is 1.62. The molecular weight excluding hydrogens is 392 g/mol. The number of anilines is 1. The van der Waals surface area contributed by atoms with Crippen LogP contribution in [0, 0.1) is 0 Å². The van der Waals surface area contributed by atoms with Gasteiger partial charge in [0.25, 0.3) is 10.0 Å². The topological polar surface area (TPSA) is 85.9 Å². The molecule has 0 amide bonds. The Kier molecular flexibility index (Phi) is 5.98. The van der Waals surface area contributed by atoms with E-state index in [1.54, 1.807) is 18.2 Å². The molecule has 0 bridgehead atoms. The lowest BCUT2D eigenvalue weighted by Crippen LogP contribution is -2.20. The van der Waals surface area contributed by atoms with E-state index in [0.717, 1.165) is 19.5 Å². The van der Waals surface area contributed by atoms with Gasteiger partial charge in [0.2, 0.25) is 0 Å². The number of hydrogen-bond donors (Lipinski definition) is 2. The second-order valence-electron chi connectivity index (χ2n) is 6.00. The molecule has 2 aromatic carbocycles. The number of rotatable bonds is 7. The van der Waals surface area contributed by atoms with Gasteiger partial charge in [0.15, 0.2) is 11.5 Å². The van der Waals surface area contributed by atoms with E-state index in [1.165, 1.54) is 32.4 Å². The smallest absolute Gasteiger partial charge is 0.262 e. The Balaban J connectivity index is 1.83. The van der Waals surface area contributed by atoms with Gasteiger partial charge >= 0.3 is 0 Å². The second-order valence-corrected chi connectivity index (χ2v) is 8.09. The summed E-state index contributed by atoms with van der Waals surface area (Å²) in [7, 11) is -0.892. The van der Waals surface area contributed by atoms with Gasteiger partial charge in [-0.05, 0) is 37.2 Å². The van der Waals surface area contributed by atoms with Gasteiger partial charge in [-0.1, -0.05) is 11.6 Å². The van der Waals surface area contributed by atoms with E-state index >= 15 is 0 Å². The molecule has 1 unspecified atom stereocenters. The van der Waals surface area contributed by atoms with Crippen molar-refractivity contribution in [3.63, 3.8) is 0 Å². The summed E-state index contributed by atoms with van der Waals surface area (Å²) in [5.74, 6) is 1.22. The molecule has 1 heterocycles. The Morgan fingerprint density at radius 3 is 2.52 bits per heavy atom. The molecule has 0 radical (unpaired) electrons. The molecule has 27 heavy (non-hydrogen) atoms. The fourth-order valence-corrected chi connectivity index (χ4v) is 3.99. The first-order valence-electron chi connectivity index (χ1n) is 8.34. The maximum absolute atomic E-state index is 12.7. The van der Waals surface area contributed by atoms with Gasteiger partial charge in [-0.15, -0.1) is 0 Å². The molecule has 1 saturated heterocycles. The van der Waals surface area contributed by atoms with Crippen LogP contribution in [0.5, 0.6) is 17.2 Å². The number of ether oxygens (including phenoxy) is 3. The SMILES string of the molecule is COc1ccc(S(=O)(=O)Nc2ccc(Cl)c(OC3CCNC3)c2)cc1OC. The van der Waals surface area contributed by atoms with E-state index in [2.05, 4.69) is 10.0 Å². The minimum absolute atomic E-state index is 0.0141. The van der Waals surface area contributed by atoms with E-state index < -0.39 is 10.0 Å². The summed E-state index contributed by atoms with van der Waals surface area (Å²) in [6, 6.07) is 9.15. The minimum Gasteiger partial charge on any atom is -0.493 e. The van der Waals surface area contributed by atoms with Gasteiger partial charge in [0.1, 0.15) is 11.9 Å². The lowest BCUT2D eigenvalue weighted by Gasteiger charge is -2.16. The quantitative estimate of drug-likeness (QED) is 0.727. The zero-order valence-corrected chi connectivity index (χ0v) is 16.6. The molecule has 2 aromatic rings. The van der Waals surface area contributed by atoms with Crippen molar-refractivity contribution >= 4 is 27.3 Å². The average molecular weight is 413 g/mol. The summed E-state index contributed by atoms with van der Waals surface area (Å²) >= 11 is 6.18. The predicted octanol–water partition coefficient (Wildman–Crippen LogP) is 2.90. The first-order chi connectivity index (χ1) is 12.9. The highest BCUT2D eigenvalue weighted by atomic mass is 35.5. The van der Waals surface area contributed by atoms with Crippen LogP contribution in [0.3, 0.4) is 0 Å². The van der Waals surface area contributed by atoms with Gasteiger partial charge in [-0.25, -0.2) is 8.42 Å². The summed E-state index contributed by atoms with van der Waals surface area (Å²) in [5.41, 5.74) is 0.357. The molecule has 7 nitrogen and oxygen atoms in total. The summed E-state index contributed by atoms with van der Waals surface area (Å²) in [6.07, 6.45) is 0.887. The standard InChI is InChI=1S/C18H21ClN2O5S/c1-24-16-6-4-14(10-18(16)25-2)27(22,23)21-12-3-5-15(19)17(9-12)26-13-7-8-20-11-13/h3-6,9-10,13,20-21H,7-8,11H2,1-2H3. The van der Waals surface area contributed by atoms with Crippen molar-refractivity contribution in [2.45, 2.75) is 17.4 Å². The Labute approximate surface area is 163 Å². The normalized spacial score (nSPS) is 16.8. The average Bonchev–Trinajstić information content (AvgIpc) is 3.16. The monoisotopic (exact) mass is 412 g/mol. The summed E-state index contributed by atoms with van der Waals surface area (Å²) in [5, 5.41) is 3.63. The van der Waals surface area contributed by atoms with Gasteiger partial charge in [0.05, 0.1) is 29.8 Å². The van der Waals surface area contributed by atoms with Crippen molar-refractivity contribution in [1.29, 1.82) is 0 Å². The number of hydrogen-bond acceptors (Lipinski definition) is 6. The van der Waals surface area contributed by atoms with Crippen molar-refractivity contribution in [2.24, 2.45) is 0 Å². The fourth-order valence-electron chi connectivity index (χ4n) is 2.76. The third kappa shape index (κ3) is 4.58. The van der Waals surface area contributed by atoms with Crippen LogP contribution in [-0.4, -0.2) is 41.8 Å². The van der Waals surface area contributed by atoms with Crippen LogP contribution in [0.25, 0.3) is 0 Å². The minimum atomic E-state index is -3.82. The highest BCUT2D eigenvalue weighted by molar-refractivity contribution is 7.92. The molecule has 0 aliphatic carbocycles. The molecule has 0 saturated carbocycles. The largest absolute Gasteiger partial charge is 0.493 e. The highest BCUT2D eigenvalue weighted by Crippen LogP contribution is 2.32. The molecule has 1 aliphatic heterocycles. The molecular formula is C18H21ClN2O5S. The number of nitrogens with one attached hydrogen (secondary N) is 2. The van der Waals surface area contributed by atoms with Gasteiger partial charge in [-0.3, -0.25) is 4.72 Å². The van der Waals surface area contributed by atoms with E-state index in [1.807, 2.05) is 0 Å². The third-order valence-corrected chi connectivity index (χ3v) is 5.85. The fraction of sp³-hybridized carbons (Fsp3) is 0.333. The maximum atomic E-state index is 12.7. The lowest BCUT2D eigenvalue weighted by atomic mass is 10.3. The van der Waals surface area contributed by atoms with Crippen molar-refractivity contribution in [1.82, 2.24) is 5.32 Å². The van der Waals surface area contributed by atoms with Crippen molar-refractivity contribution in [2.75, 3.05) is 32.0 Å². The number of sulfonamides is 1. The molecule has 0 aromatic heterocycles. The van der Waals surface area contributed by atoms with Crippen molar-refractivity contribution in [3.8, 4) is 17.2 Å². The molecule has 1 fully saturated rings. The van der Waals surface area contributed by atoms with Crippen molar-refractivity contribution < 1.29 is 22.6 Å². The highest BCUT2D eigenvalue weighted by Gasteiger charge is 2.20. The van der Waals surface area contributed by atoms with Crippen LogP contribution in [-0.2, 0) is 10.0 Å². The first kappa shape index (κ1) is 19.6. The van der Waals surface area contributed by atoms with Gasteiger partial charge < -0.3 is 19.5 Å². The Morgan fingerprint density at radius 2 is 1.85 bits per heavy atom. The van der Waals surface area contributed by atoms with E-state index in [-0.39, 0.29) is 11.0 Å². The first-order valence-corrected chi connectivity index (χ1v) is 10.2.